The number of carbonyl (C=O) groups excluding carboxylic acids is 1. The summed E-state index contributed by atoms with van der Waals surface area (Å²) in [7, 11) is 1.53. The van der Waals surface area contributed by atoms with Crippen LogP contribution < -0.4 is 9.47 Å². The largest absolute Gasteiger partial charge is 0.480 e. The van der Waals surface area contributed by atoms with Crippen molar-refractivity contribution in [1.82, 2.24) is 4.90 Å². The van der Waals surface area contributed by atoms with E-state index in [1.165, 1.54) is 30.1 Å². The molecule has 126 valence electrons. The molecule has 0 heterocycles. The number of halogens is 3. The Balaban J connectivity index is 2.64. The fourth-order valence-electron chi connectivity index (χ4n) is 1.60. The van der Waals surface area contributed by atoms with Crippen LogP contribution in [-0.2, 0) is 4.79 Å². The summed E-state index contributed by atoms with van der Waals surface area (Å²) in [6.07, 6.45) is -4.29. The van der Waals surface area contributed by atoms with Crippen LogP contribution in [0.25, 0.3) is 0 Å². The number of nitrogens with zero attached hydrogens (tertiary/aromatic N) is 2. The van der Waals surface area contributed by atoms with Gasteiger partial charge in [0, 0.05) is 13.1 Å². The summed E-state index contributed by atoms with van der Waals surface area (Å²) in [6.45, 7) is -0.0966. The van der Waals surface area contributed by atoms with E-state index in [2.05, 4.69) is 4.74 Å². The predicted octanol–water partition coefficient (Wildman–Crippen LogP) is 2.77. The molecule has 0 aliphatic rings. The minimum atomic E-state index is -4.46. The molecule has 1 atom stereocenters. The number of ether oxygens (including phenoxy) is 2. The number of hydrogen-bond acceptors (Lipinski definition) is 4. The molecule has 23 heavy (non-hydrogen) atoms. The van der Waals surface area contributed by atoms with Crippen molar-refractivity contribution in [1.29, 1.82) is 5.26 Å². The van der Waals surface area contributed by atoms with Gasteiger partial charge in [-0.3, -0.25) is 4.79 Å². The van der Waals surface area contributed by atoms with Gasteiger partial charge in [0.1, 0.15) is 0 Å². The molecule has 0 radical (unpaired) electrons. The summed E-state index contributed by atoms with van der Waals surface area (Å²) in [5.74, 6) is -0.435. The van der Waals surface area contributed by atoms with Crippen LogP contribution in [0.2, 0.25) is 0 Å². The second-order valence-electron chi connectivity index (χ2n) is 4.86. The lowest BCUT2D eigenvalue weighted by molar-refractivity contribution is -0.153. The lowest BCUT2D eigenvalue weighted by atomic mass is 10.2. The summed E-state index contributed by atoms with van der Waals surface area (Å²) in [6, 6.07) is 7.47. The summed E-state index contributed by atoms with van der Waals surface area (Å²) in [4.78, 5) is 13.3. The topological polar surface area (TPSA) is 62.6 Å². The van der Waals surface area contributed by atoms with Gasteiger partial charge in [0.2, 0.25) is 0 Å². The van der Waals surface area contributed by atoms with Crippen LogP contribution in [0, 0.1) is 11.3 Å². The van der Waals surface area contributed by atoms with Gasteiger partial charge in [-0.1, -0.05) is 12.1 Å². The average molecular weight is 330 g/mol. The van der Waals surface area contributed by atoms with Crippen molar-refractivity contribution in [2.75, 3.05) is 20.3 Å². The molecule has 0 spiro atoms. The van der Waals surface area contributed by atoms with Gasteiger partial charge in [-0.05, 0) is 19.1 Å². The number of carbonyl (C=O) groups is 1. The van der Waals surface area contributed by atoms with Crippen molar-refractivity contribution in [3.63, 3.8) is 0 Å². The van der Waals surface area contributed by atoms with Gasteiger partial charge in [0.15, 0.2) is 24.7 Å². The molecule has 8 heteroatoms. The normalized spacial score (nSPS) is 12.2. The van der Waals surface area contributed by atoms with E-state index in [4.69, 9.17) is 10.00 Å². The Morgan fingerprint density at radius 2 is 1.87 bits per heavy atom. The molecule has 1 rings (SSSR count). The van der Waals surface area contributed by atoms with Crippen molar-refractivity contribution in [2.45, 2.75) is 25.6 Å². The van der Waals surface area contributed by atoms with Crippen LogP contribution in [0.3, 0.4) is 0 Å². The van der Waals surface area contributed by atoms with Crippen LogP contribution in [0.1, 0.15) is 13.3 Å². The zero-order chi connectivity index (χ0) is 17.5. The molecule has 5 nitrogen and oxygen atoms in total. The van der Waals surface area contributed by atoms with E-state index in [1.807, 2.05) is 6.07 Å². The molecular formula is C15H17F3N2O3. The minimum absolute atomic E-state index is 0.0476. The highest BCUT2D eigenvalue weighted by Crippen LogP contribution is 2.28. The molecule has 1 amide bonds. The van der Waals surface area contributed by atoms with Crippen molar-refractivity contribution in [2.24, 2.45) is 0 Å². The Labute approximate surface area is 132 Å². The molecule has 1 unspecified atom stereocenters. The third-order valence-electron chi connectivity index (χ3n) is 3.03. The Morgan fingerprint density at radius 1 is 1.30 bits per heavy atom. The first-order chi connectivity index (χ1) is 10.7. The zero-order valence-electron chi connectivity index (χ0n) is 12.8. The second-order valence-corrected chi connectivity index (χ2v) is 4.86. The molecule has 1 aromatic carbocycles. The number of alkyl halides is 3. The molecule has 0 aromatic heterocycles. The summed E-state index contributed by atoms with van der Waals surface area (Å²) >= 11 is 0. The lowest BCUT2D eigenvalue weighted by Crippen LogP contribution is -2.38. The van der Waals surface area contributed by atoms with E-state index in [1.54, 1.807) is 13.0 Å². The molecule has 1 aromatic rings. The Bertz CT molecular complexity index is 570. The first kappa shape index (κ1) is 18.6. The van der Waals surface area contributed by atoms with Crippen LogP contribution in [0.15, 0.2) is 24.3 Å². The monoisotopic (exact) mass is 330 g/mol. The van der Waals surface area contributed by atoms with Gasteiger partial charge in [-0.2, -0.15) is 18.4 Å². The molecule has 0 aliphatic carbocycles. The van der Waals surface area contributed by atoms with Gasteiger partial charge in [0.25, 0.3) is 5.91 Å². The third-order valence-corrected chi connectivity index (χ3v) is 3.03. The van der Waals surface area contributed by atoms with Gasteiger partial charge < -0.3 is 14.4 Å². The standard InChI is InChI=1S/C15H17F3N2O3/c1-11(7-8-19)20(2)14(21)9-22-12-5-3-4-6-13(12)23-10-15(16,17)18/h3-6,11H,7,9-10H2,1-2H3. The van der Waals surface area contributed by atoms with Crippen molar-refractivity contribution >= 4 is 5.91 Å². The Hall–Kier alpha value is -2.43. The van der Waals surface area contributed by atoms with E-state index in [0.717, 1.165) is 0 Å². The van der Waals surface area contributed by atoms with E-state index in [0.29, 0.717) is 0 Å². The Kier molecular flexibility index (Phi) is 6.69. The van der Waals surface area contributed by atoms with E-state index >= 15 is 0 Å². The minimum Gasteiger partial charge on any atom is -0.480 e. The fourth-order valence-corrected chi connectivity index (χ4v) is 1.60. The molecule has 0 fully saturated rings. The summed E-state index contributed by atoms with van der Waals surface area (Å²) in [5, 5.41) is 8.61. The predicted molar refractivity (Wildman–Crippen MR) is 75.9 cm³/mol. The number of benzene rings is 1. The summed E-state index contributed by atoms with van der Waals surface area (Å²) < 4.78 is 46.5. The molecule has 0 saturated carbocycles. The Morgan fingerprint density at radius 3 is 2.39 bits per heavy atom. The fraction of sp³-hybridized carbons (Fsp3) is 0.467. The number of nitriles is 1. The van der Waals surface area contributed by atoms with Gasteiger partial charge in [0.05, 0.1) is 12.5 Å². The van der Waals surface area contributed by atoms with Crippen molar-refractivity contribution in [3.05, 3.63) is 24.3 Å². The number of likely N-dealkylation sites (N-methyl/N-ethyl adjacent to an activating group) is 1. The first-order valence-electron chi connectivity index (χ1n) is 6.78. The van der Waals surface area contributed by atoms with Gasteiger partial charge in [-0.25, -0.2) is 0 Å². The lowest BCUT2D eigenvalue weighted by Gasteiger charge is -2.23. The molecule has 0 bridgehead atoms. The van der Waals surface area contributed by atoms with Crippen LogP contribution in [0.5, 0.6) is 11.5 Å². The highest BCUT2D eigenvalue weighted by Gasteiger charge is 2.29. The maximum Gasteiger partial charge on any atom is 0.422 e. The second kappa shape index (κ2) is 8.27. The van der Waals surface area contributed by atoms with Gasteiger partial charge >= 0.3 is 6.18 Å². The maximum absolute atomic E-state index is 12.2. The van der Waals surface area contributed by atoms with E-state index in [9.17, 15) is 18.0 Å². The van der Waals surface area contributed by atoms with Crippen molar-refractivity contribution in [3.8, 4) is 17.6 Å². The first-order valence-corrected chi connectivity index (χ1v) is 6.78. The highest BCUT2D eigenvalue weighted by molar-refractivity contribution is 5.77. The molecule has 0 saturated heterocycles. The molecule has 0 N–H and O–H groups in total. The number of amides is 1. The third kappa shape index (κ3) is 6.46. The van der Waals surface area contributed by atoms with E-state index < -0.39 is 18.7 Å². The quantitative estimate of drug-likeness (QED) is 0.771. The highest BCUT2D eigenvalue weighted by atomic mass is 19.4. The van der Waals surface area contributed by atoms with E-state index in [-0.39, 0.29) is 30.6 Å². The zero-order valence-corrected chi connectivity index (χ0v) is 12.8. The van der Waals surface area contributed by atoms with Crippen LogP contribution >= 0.6 is 0 Å². The smallest absolute Gasteiger partial charge is 0.422 e. The number of rotatable bonds is 7. The van der Waals surface area contributed by atoms with Crippen LogP contribution in [0.4, 0.5) is 13.2 Å². The number of para-hydroxylation sites is 2. The molecular weight excluding hydrogens is 313 g/mol. The molecule has 0 aliphatic heterocycles. The summed E-state index contributed by atoms with van der Waals surface area (Å²) in [5.41, 5.74) is 0. The van der Waals surface area contributed by atoms with Crippen molar-refractivity contribution < 1.29 is 27.4 Å². The number of hydrogen-bond donors (Lipinski definition) is 0. The van der Waals surface area contributed by atoms with Crippen LogP contribution in [-0.4, -0.2) is 43.3 Å². The van der Waals surface area contributed by atoms with Gasteiger partial charge in [-0.15, -0.1) is 0 Å². The SMILES string of the molecule is CC(CC#N)N(C)C(=O)COc1ccccc1OCC(F)(F)F. The maximum atomic E-state index is 12.2. The average Bonchev–Trinajstić information content (AvgIpc) is 2.50.